The maximum absolute atomic E-state index is 12.8. The van der Waals surface area contributed by atoms with Crippen molar-refractivity contribution < 1.29 is 13.9 Å². The summed E-state index contributed by atoms with van der Waals surface area (Å²) in [5.41, 5.74) is 6.06. The SMILES string of the molecule is CC1(C)CN(C(=O)CCCOc2ccc(F)cc2)CCC1N. The van der Waals surface area contributed by atoms with Gasteiger partial charge in [-0.25, -0.2) is 4.39 Å². The molecule has 1 aliphatic rings. The van der Waals surface area contributed by atoms with Crippen LogP contribution in [-0.4, -0.2) is 36.5 Å². The van der Waals surface area contributed by atoms with Gasteiger partial charge in [-0.15, -0.1) is 0 Å². The van der Waals surface area contributed by atoms with Gasteiger partial charge in [0, 0.05) is 25.6 Å². The molecule has 4 nitrogen and oxygen atoms in total. The van der Waals surface area contributed by atoms with Crippen molar-refractivity contribution >= 4 is 5.91 Å². The molecule has 1 amide bonds. The summed E-state index contributed by atoms with van der Waals surface area (Å²) in [6.07, 6.45) is 1.97. The first kappa shape index (κ1) is 16.7. The summed E-state index contributed by atoms with van der Waals surface area (Å²) in [6, 6.07) is 6.05. The molecular formula is C17H25FN2O2. The second-order valence-corrected chi connectivity index (χ2v) is 6.60. The van der Waals surface area contributed by atoms with Crippen LogP contribution in [0.5, 0.6) is 5.75 Å². The van der Waals surface area contributed by atoms with Gasteiger partial charge in [-0.2, -0.15) is 0 Å². The lowest BCUT2D eigenvalue weighted by Gasteiger charge is -2.42. The highest BCUT2D eigenvalue weighted by atomic mass is 19.1. The van der Waals surface area contributed by atoms with Gasteiger partial charge in [0.1, 0.15) is 11.6 Å². The van der Waals surface area contributed by atoms with Crippen LogP contribution in [0.25, 0.3) is 0 Å². The van der Waals surface area contributed by atoms with E-state index in [0.717, 1.165) is 13.0 Å². The molecule has 2 N–H and O–H groups in total. The van der Waals surface area contributed by atoms with Crippen molar-refractivity contribution in [2.24, 2.45) is 11.1 Å². The maximum Gasteiger partial charge on any atom is 0.222 e. The van der Waals surface area contributed by atoms with Crippen LogP contribution in [-0.2, 0) is 4.79 Å². The molecule has 122 valence electrons. The second-order valence-electron chi connectivity index (χ2n) is 6.60. The Morgan fingerprint density at radius 1 is 1.41 bits per heavy atom. The number of benzene rings is 1. The van der Waals surface area contributed by atoms with E-state index in [9.17, 15) is 9.18 Å². The highest BCUT2D eigenvalue weighted by Gasteiger charge is 2.34. The number of amides is 1. The average molecular weight is 308 g/mol. The Kier molecular flexibility index (Phi) is 5.40. The number of hydrogen-bond donors (Lipinski definition) is 1. The largest absolute Gasteiger partial charge is 0.494 e. The van der Waals surface area contributed by atoms with Crippen LogP contribution < -0.4 is 10.5 Å². The second kappa shape index (κ2) is 7.09. The topological polar surface area (TPSA) is 55.6 Å². The fraction of sp³-hybridized carbons (Fsp3) is 0.588. The summed E-state index contributed by atoms with van der Waals surface area (Å²) in [4.78, 5) is 14.1. The summed E-state index contributed by atoms with van der Waals surface area (Å²) in [6.45, 7) is 6.12. The lowest BCUT2D eigenvalue weighted by Crippen LogP contribution is -2.54. The van der Waals surface area contributed by atoms with Crippen molar-refractivity contribution in [3.8, 4) is 5.75 Å². The van der Waals surface area contributed by atoms with Crippen LogP contribution in [0.1, 0.15) is 33.1 Å². The predicted octanol–water partition coefficient (Wildman–Crippen LogP) is 2.57. The minimum atomic E-state index is -0.284. The maximum atomic E-state index is 12.8. The van der Waals surface area contributed by atoms with Gasteiger partial charge >= 0.3 is 0 Å². The van der Waals surface area contributed by atoms with Gasteiger partial charge in [0.2, 0.25) is 5.91 Å². The van der Waals surface area contributed by atoms with Crippen molar-refractivity contribution in [1.82, 2.24) is 4.90 Å². The third-order valence-corrected chi connectivity index (χ3v) is 4.28. The van der Waals surface area contributed by atoms with E-state index in [1.807, 2.05) is 4.90 Å². The molecule has 0 spiro atoms. The fourth-order valence-electron chi connectivity index (χ4n) is 2.69. The minimum Gasteiger partial charge on any atom is -0.494 e. The molecule has 0 aromatic heterocycles. The van der Waals surface area contributed by atoms with Gasteiger partial charge < -0.3 is 15.4 Å². The van der Waals surface area contributed by atoms with E-state index in [2.05, 4.69) is 13.8 Å². The molecule has 0 aliphatic carbocycles. The molecular weight excluding hydrogens is 283 g/mol. The van der Waals surface area contributed by atoms with Crippen molar-refractivity contribution in [3.63, 3.8) is 0 Å². The molecule has 0 radical (unpaired) electrons. The van der Waals surface area contributed by atoms with Crippen molar-refractivity contribution in [2.75, 3.05) is 19.7 Å². The Labute approximate surface area is 131 Å². The molecule has 1 atom stereocenters. The van der Waals surface area contributed by atoms with Crippen LogP contribution in [0.2, 0.25) is 0 Å². The number of carbonyl (C=O) groups is 1. The molecule has 5 heteroatoms. The van der Waals surface area contributed by atoms with Crippen LogP contribution in [0.15, 0.2) is 24.3 Å². The number of carbonyl (C=O) groups excluding carboxylic acids is 1. The van der Waals surface area contributed by atoms with Crippen LogP contribution in [0, 0.1) is 11.2 Å². The molecule has 1 unspecified atom stereocenters. The van der Waals surface area contributed by atoms with E-state index >= 15 is 0 Å². The standard InChI is InChI=1S/C17H25FN2O2/c1-17(2)12-20(10-9-15(17)19)16(21)4-3-11-22-14-7-5-13(18)6-8-14/h5-8,15H,3-4,9-12,19H2,1-2H3. The molecule has 0 bridgehead atoms. The number of nitrogens with two attached hydrogens (primary N) is 1. The Bertz CT molecular complexity index is 502. The molecule has 1 heterocycles. The van der Waals surface area contributed by atoms with Crippen LogP contribution in [0.3, 0.4) is 0 Å². The predicted molar refractivity (Wildman–Crippen MR) is 84.1 cm³/mol. The third-order valence-electron chi connectivity index (χ3n) is 4.28. The number of likely N-dealkylation sites (tertiary alicyclic amines) is 1. The van der Waals surface area contributed by atoms with Gasteiger partial charge in [-0.3, -0.25) is 4.79 Å². The first-order valence-corrected chi connectivity index (χ1v) is 7.80. The highest BCUT2D eigenvalue weighted by Crippen LogP contribution is 2.28. The monoisotopic (exact) mass is 308 g/mol. The Morgan fingerprint density at radius 3 is 2.73 bits per heavy atom. The quantitative estimate of drug-likeness (QED) is 0.851. The molecule has 1 saturated heterocycles. The molecule has 0 saturated carbocycles. The number of nitrogens with zero attached hydrogens (tertiary/aromatic N) is 1. The van der Waals surface area contributed by atoms with Crippen molar-refractivity contribution in [2.45, 2.75) is 39.2 Å². The molecule has 1 aromatic carbocycles. The van der Waals surface area contributed by atoms with Gasteiger partial charge in [-0.05, 0) is 42.5 Å². The Balaban J connectivity index is 1.70. The number of rotatable bonds is 5. The summed E-state index contributed by atoms with van der Waals surface area (Å²) >= 11 is 0. The van der Waals surface area contributed by atoms with Gasteiger partial charge in [0.25, 0.3) is 0 Å². The fourth-order valence-corrected chi connectivity index (χ4v) is 2.69. The zero-order valence-corrected chi connectivity index (χ0v) is 13.3. The lowest BCUT2D eigenvalue weighted by molar-refractivity contribution is -0.134. The van der Waals surface area contributed by atoms with Crippen molar-refractivity contribution in [3.05, 3.63) is 30.1 Å². The Hall–Kier alpha value is -1.62. The summed E-state index contributed by atoms with van der Waals surface area (Å²) < 4.78 is 18.3. The van der Waals surface area contributed by atoms with E-state index in [0.29, 0.717) is 31.7 Å². The normalized spacial score (nSPS) is 20.7. The smallest absolute Gasteiger partial charge is 0.222 e. The number of halogens is 1. The molecule has 22 heavy (non-hydrogen) atoms. The molecule has 1 fully saturated rings. The summed E-state index contributed by atoms with van der Waals surface area (Å²) in [7, 11) is 0. The van der Waals surface area contributed by atoms with E-state index in [1.54, 1.807) is 12.1 Å². The number of piperidine rings is 1. The van der Waals surface area contributed by atoms with Gasteiger partial charge in [0.05, 0.1) is 6.61 Å². The summed E-state index contributed by atoms with van der Waals surface area (Å²) in [5.74, 6) is 0.495. The Morgan fingerprint density at radius 2 is 2.09 bits per heavy atom. The van der Waals surface area contributed by atoms with Gasteiger partial charge in [0.15, 0.2) is 0 Å². The first-order valence-electron chi connectivity index (χ1n) is 7.80. The highest BCUT2D eigenvalue weighted by molar-refractivity contribution is 5.76. The zero-order valence-electron chi connectivity index (χ0n) is 13.3. The van der Waals surface area contributed by atoms with E-state index in [-0.39, 0.29) is 23.2 Å². The first-order chi connectivity index (χ1) is 10.4. The summed E-state index contributed by atoms with van der Waals surface area (Å²) in [5, 5.41) is 0. The molecule has 1 aromatic rings. The van der Waals surface area contributed by atoms with E-state index in [4.69, 9.17) is 10.5 Å². The van der Waals surface area contributed by atoms with E-state index < -0.39 is 0 Å². The van der Waals surface area contributed by atoms with Crippen LogP contribution >= 0.6 is 0 Å². The lowest BCUT2D eigenvalue weighted by atomic mass is 9.79. The van der Waals surface area contributed by atoms with Gasteiger partial charge in [-0.1, -0.05) is 13.8 Å². The van der Waals surface area contributed by atoms with E-state index in [1.165, 1.54) is 12.1 Å². The van der Waals surface area contributed by atoms with Crippen LogP contribution in [0.4, 0.5) is 4.39 Å². The van der Waals surface area contributed by atoms with Crippen molar-refractivity contribution in [1.29, 1.82) is 0 Å². The average Bonchev–Trinajstić information content (AvgIpc) is 2.48. The molecule has 2 rings (SSSR count). The minimum absolute atomic E-state index is 0.0292. The zero-order chi connectivity index (χ0) is 16.2. The number of ether oxygens (including phenoxy) is 1. The third kappa shape index (κ3) is 4.44. The molecule has 1 aliphatic heterocycles. The number of hydrogen-bond acceptors (Lipinski definition) is 3.